The van der Waals surface area contributed by atoms with E-state index in [1.54, 1.807) is 19.1 Å². The van der Waals surface area contributed by atoms with Crippen molar-refractivity contribution >= 4 is 29.3 Å². The molecule has 0 aliphatic carbocycles. The van der Waals surface area contributed by atoms with E-state index in [0.717, 1.165) is 11.0 Å². The number of rotatable bonds is 6. The van der Waals surface area contributed by atoms with Gasteiger partial charge in [-0.2, -0.15) is 0 Å². The number of anilines is 1. The lowest BCUT2D eigenvalue weighted by atomic mass is 10.2. The predicted octanol–water partition coefficient (Wildman–Crippen LogP) is 3.72. The Labute approximate surface area is 149 Å². The molecule has 0 fully saturated rings. The van der Waals surface area contributed by atoms with Gasteiger partial charge in [-0.15, -0.1) is 11.8 Å². The first-order valence-corrected chi connectivity index (χ1v) is 8.48. The van der Waals surface area contributed by atoms with E-state index in [1.165, 1.54) is 30.8 Å². The quantitative estimate of drug-likeness (QED) is 0.768. The van der Waals surface area contributed by atoms with E-state index in [2.05, 4.69) is 10.6 Å². The summed E-state index contributed by atoms with van der Waals surface area (Å²) in [6, 6.07) is 10.3. The van der Waals surface area contributed by atoms with Crippen molar-refractivity contribution in [2.75, 3.05) is 5.32 Å². The normalized spacial score (nSPS) is 11.7. The third-order valence-electron chi connectivity index (χ3n) is 3.25. The zero-order valence-electron chi connectivity index (χ0n) is 13.8. The third kappa shape index (κ3) is 6.19. The lowest BCUT2D eigenvalue weighted by Crippen LogP contribution is -2.30. The number of halogens is 2. The van der Waals surface area contributed by atoms with Gasteiger partial charge in [-0.1, -0.05) is 0 Å². The molecule has 0 saturated heterocycles. The molecule has 2 amide bonds. The van der Waals surface area contributed by atoms with Gasteiger partial charge in [0.15, 0.2) is 0 Å². The Morgan fingerprint density at radius 2 is 1.68 bits per heavy atom. The molecule has 7 heteroatoms. The van der Waals surface area contributed by atoms with Crippen LogP contribution in [0.4, 0.5) is 14.5 Å². The molecule has 0 spiro atoms. The van der Waals surface area contributed by atoms with Gasteiger partial charge in [-0.3, -0.25) is 9.59 Å². The van der Waals surface area contributed by atoms with Crippen molar-refractivity contribution in [3.8, 4) is 0 Å². The van der Waals surface area contributed by atoms with E-state index in [-0.39, 0.29) is 23.6 Å². The molecule has 0 saturated carbocycles. The van der Waals surface area contributed by atoms with Crippen LogP contribution in [-0.4, -0.2) is 17.1 Å². The predicted molar refractivity (Wildman–Crippen MR) is 94.3 cm³/mol. The summed E-state index contributed by atoms with van der Waals surface area (Å²) in [4.78, 5) is 24.0. The van der Waals surface area contributed by atoms with E-state index >= 15 is 0 Å². The number of carbonyl (C=O) groups is 2. The Morgan fingerprint density at radius 3 is 2.24 bits per heavy atom. The highest BCUT2D eigenvalue weighted by atomic mass is 32.2. The average Bonchev–Trinajstić information content (AvgIpc) is 2.53. The largest absolute Gasteiger partial charge is 0.351 e. The van der Waals surface area contributed by atoms with Gasteiger partial charge < -0.3 is 10.6 Å². The summed E-state index contributed by atoms with van der Waals surface area (Å²) in [7, 11) is 0. The van der Waals surface area contributed by atoms with Gasteiger partial charge in [0.25, 0.3) is 0 Å². The zero-order valence-corrected chi connectivity index (χ0v) is 14.6. The van der Waals surface area contributed by atoms with Crippen LogP contribution >= 0.6 is 11.8 Å². The minimum absolute atomic E-state index is 0.0554. The molecule has 1 atom stereocenters. The maximum atomic E-state index is 13.1. The van der Waals surface area contributed by atoms with Gasteiger partial charge in [0.2, 0.25) is 11.8 Å². The Bertz CT molecular complexity index is 746. The third-order valence-corrected chi connectivity index (χ3v) is 4.36. The highest BCUT2D eigenvalue weighted by molar-refractivity contribution is 8.00. The van der Waals surface area contributed by atoms with E-state index in [9.17, 15) is 18.4 Å². The highest BCUT2D eigenvalue weighted by Crippen LogP contribution is 2.25. The molecule has 2 aromatic rings. The molecule has 0 aromatic heterocycles. The van der Waals surface area contributed by atoms with E-state index in [4.69, 9.17) is 0 Å². The molecular formula is C18H18F2N2O2S. The molecule has 1 unspecified atom stereocenters. The smallest absolute Gasteiger partial charge is 0.233 e. The van der Waals surface area contributed by atoms with Gasteiger partial charge in [0, 0.05) is 30.1 Å². The van der Waals surface area contributed by atoms with Gasteiger partial charge in [-0.25, -0.2) is 8.78 Å². The number of amides is 2. The van der Waals surface area contributed by atoms with Crippen LogP contribution in [0.2, 0.25) is 0 Å². The summed E-state index contributed by atoms with van der Waals surface area (Å²) in [5, 5.41) is 4.94. The maximum absolute atomic E-state index is 13.1. The first-order chi connectivity index (χ1) is 11.8. The minimum Gasteiger partial charge on any atom is -0.351 e. The molecule has 0 aliphatic rings. The van der Waals surface area contributed by atoms with Crippen LogP contribution in [0.1, 0.15) is 19.4 Å². The van der Waals surface area contributed by atoms with E-state index in [1.807, 2.05) is 12.1 Å². The summed E-state index contributed by atoms with van der Waals surface area (Å²) in [5.41, 5.74) is 1.05. The van der Waals surface area contributed by atoms with Crippen LogP contribution in [0.15, 0.2) is 47.4 Å². The second-order valence-electron chi connectivity index (χ2n) is 5.46. The topological polar surface area (TPSA) is 58.2 Å². The van der Waals surface area contributed by atoms with Gasteiger partial charge >= 0.3 is 0 Å². The fourth-order valence-corrected chi connectivity index (χ4v) is 3.02. The molecule has 2 aromatic carbocycles. The van der Waals surface area contributed by atoms with Crippen LogP contribution in [0, 0.1) is 11.6 Å². The monoisotopic (exact) mass is 364 g/mol. The standard InChI is InChI=1S/C18H18F2N2O2S/c1-11(25-17-5-3-16(4-6-17)22-12(2)23)18(24)21-10-13-7-14(19)9-15(20)8-13/h3-9,11H,10H2,1-2H3,(H,21,24)(H,22,23). The van der Waals surface area contributed by atoms with Crippen LogP contribution in [0.5, 0.6) is 0 Å². The second kappa shape index (κ2) is 8.62. The average molecular weight is 364 g/mol. The Kier molecular flexibility index (Phi) is 6.52. The highest BCUT2D eigenvalue weighted by Gasteiger charge is 2.14. The zero-order chi connectivity index (χ0) is 18.4. The number of nitrogens with one attached hydrogen (secondary N) is 2. The molecule has 0 radical (unpaired) electrons. The summed E-state index contributed by atoms with van der Waals surface area (Å²) < 4.78 is 26.3. The second-order valence-corrected chi connectivity index (χ2v) is 6.88. The Balaban J connectivity index is 1.88. The van der Waals surface area contributed by atoms with Crippen LogP contribution in [0.3, 0.4) is 0 Å². The summed E-state index contributed by atoms with van der Waals surface area (Å²) in [6.07, 6.45) is 0. The molecular weight excluding hydrogens is 346 g/mol. The molecule has 25 heavy (non-hydrogen) atoms. The number of benzene rings is 2. The van der Waals surface area contributed by atoms with Crippen molar-refractivity contribution in [1.82, 2.24) is 5.32 Å². The number of hydrogen-bond acceptors (Lipinski definition) is 3. The molecule has 0 bridgehead atoms. The Hall–Kier alpha value is -2.41. The SMILES string of the molecule is CC(=O)Nc1ccc(SC(C)C(=O)NCc2cc(F)cc(F)c2)cc1. The fourth-order valence-electron chi connectivity index (χ4n) is 2.12. The molecule has 132 valence electrons. The van der Waals surface area contributed by atoms with Crippen molar-refractivity contribution in [2.24, 2.45) is 0 Å². The lowest BCUT2D eigenvalue weighted by Gasteiger charge is -2.12. The Morgan fingerprint density at radius 1 is 1.08 bits per heavy atom. The van der Waals surface area contributed by atoms with Crippen molar-refractivity contribution in [3.63, 3.8) is 0 Å². The van der Waals surface area contributed by atoms with E-state index in [0.29, 0.717) is 11.3 Å². The molecule has 4 nitrogen and oxygen atoms in total. The lowest BCUT2D eigenvalue weighted by molar-refractivity contribution is -0.120. The van der Waals surface area contributed by atoms with Crippen LogP contribution in [0.25, 0.3) is 0 Å². The van der Waals surface area contributed by atoms with Crippen molar-refractivity contribution in [3.05, 3.63) is 59.7 Å². The van der Waals surface area contributed by atoms with Crippen LogP contribution < -0.4 is 10.6 Å². The van der Waals surface area contributed by atoms with E-state index < -0.39 is 11.6 Å². The van der Waals surface area contributed by atoms with Gasteiger partial charge in [0.1, 0.15) is 11.6 Å². The molecule has 0 aliphatic heterocycles. The minimum atomic E-state index is -0.675. The number of carbonyl (C=O) groups excluding carboxylic acids is 2. The fraction of sp³-hybridized carbons (Fsp3) is 0.222. The number of hydrogen-bond donors (Lipinski definition) is 2. The van der Waals surface area contributed by atoms with Crippen molar-refractivity contribution < 1.29 is 18.4 Å². The summed E-state index contributed by atoms with van der Waals surface area (Å²) in [5.74, 6) is -1.74. The molecule has 2 N–H and O–H groups in total. The number of thioether (sulfide) groups is 1. The van der Waals surface area contributed by atoms with Crippen molar-refractivity contribution in [1.29, 1.82) is 0 Å². The van der Waals surface area contributed by atoms with Crippen molar-refractivity contribution in [2.45, 2.75) is 30.5 Å². The first-order valence-electron chi connectivity index (χ1n) is 7.60. The summed E-state index contributed by atoms with van der Waals surface area (Å²) in [6.45, 7) is 3.23. The summed E-state index contributed by atoms with van der Waals surface area (Å²) >= 11 is 1.35. The van der Waals surface area contributed by atoms with Gasteiger partial charge in [0.05, 0.1) is 5.25 Å². The van der Waals surface area contributed by atoms with Gasteiger partial charge in [-0.05, 0) is 48.9 Å². The maximum Gasteiger partial charge on any atom is 0.233 e. The first kappa shape index (κ1) is 18.9. The molecule has 2 rings (SSSR count). The van der Waals surface area contributed by atoms with Crippen LogP contribution in [-0.2, 0) is 16.1 Å². The molecule has 0 heterocycles.